The minimum absolute atomic E-state index is 0.265. The molecule has 210 valence electrons. The lowest BCUT2D eigenvalue weighted by molar-refractivity contribution is -0.111. The Morgan fingerprint density at radius 2 is 1.76 bits per heavy atom. The standard InChI is InChI=1S/C33H32N8O/c1-5-30(42)37-28-17-23(7-6-21(28)2)31-26-16-24(27-20-36-40(4)29(27)18-34)19-35-33(26)38-32(31)22-8-10-25(11-9-22)41-14-12-39(3)13-15-41/h5-11,16-17,19-20H,1,12-15H2,2-4H3,(H,35,38)(H,37,42). The van der Waals surface area contributed by atoms with Crippen LogP contribution in [-0.2, 0) is 11.8 Å². The number of hydrogen-bond acceptors (Lipinski definition) is 6. The van der Waals surface area contributed by atoms with E-state index < -0.39 is 0 Å². The molecule has 6 rings (SSSR count). The smallest absolute Gasteiger partial charge is 0.247 e. The molecule has 0 saturated carbocycles. The molecule has 9 nitrogen and oxygen atoms in total. The number of carbonyl (C=O) groups excluding carboxylic acids is 1. The van der Waals surface area contributed by atoms with Crippen LogP contribution in [0.3, 0.4) is 0 Å². The number of likely N-dealkylation sites (N-methyl/N-ethyl adjacent to an activating group) is 1. The maximum absolute atomic E-state index is 12.2. The summed E-state index contributed by atoms with van der Waals surface area (Å²) in [5, 5.41) is 17.9. The molecule has 0 bridgehead atoms. The van der Waals surface area contributed by atoms with Crippen LogP contribution in [-0.4, -0.2) is 63.8 Å². The number of aromatic nitrogens is 4. The van der Waals surface area contributed by atoms with Crippen molar-refractivity contribution in [3.05, 3.63) is 84.8 Å². The molecule has 0 aliphatic carbocycles. The van der Waals surface area contributed by atoms with Crippen molar-refractivity contribution < 1.29 is 4.79 Å². The van der Waals surface area contributed by atoms with E-state index in [0.29, 0.717) is 11.4 Å². The molecule has 2 aromatic carbocycles. The minimum atomic E-state index is -0.265. The number of nitriles is 1. The van der Waals surface area contributed by atoms with Crippen LogP contribution in [0.15, 0.2) is 73.6 Å². The fraction of sp³-hybridized carbons (Fsp3) is 0.212. The van der Waals surface area contributed by atoms with Gasteiger partial charge < -0.3 is 20.1 Å². The number of aromatic amines is 1. The second-order valence-electron chi connectivity index (χ2n) is 10.7. The third kappa shape index (κ3) is 4.93. The van der Waals surface area contributed by atoms with Gasteiger partial charge in [-0.15, -0.1) is 0 Å². The Morgan fingerprint density at radius 1 is 1.02 bits per heavy atom. The highest BCUT2D eigenvalue weighted by Gasteiger charge is 2.20. The predicted octanol–water partition coefficient (Wildman–Crippen LogP) is 5.35. The average Bonchev–Trinajstić information content (AvgIpc) is 3.58. The van der Waals surface area contributed by atoms with Gasteiger partial charge in [-0.2, -0.15) is 10.4 Å². The number of anilines is 2. The number of piperazine rings is 1. The van der Waals surface area contributed by atoms with E-state index in [4.69, 9.17) is 4.98 Å². The molecular formula is C33H32N8O. The maximum Gasteiger partial charge on any atom is 0.247 e. The number of amides is 1. The third-order valence-corrected chi connectivity index (χ3v) is 8.00. The van der Waals surface area contributed by atoms with Crippen LogP contribution in [0.4, 0.5) is 11.4 Å². The van der Waals surface area contributed by atoms with E-state index in [9.17, 15) is 10.1 Å². The van der Waals surface area contributed by atoms with Gasteiger partial charge in [-0.25, -0.2) is 4.98 Å². The summed E-state index contributed by atoms with van der Waals surface area (Å²) in [4.78, 5) is 25.3. The molecule has 0 radical (unpaired) electrons. The summed E-state index contributed by atoms with van der Waals surface area (Å²) < 4.78 is 1.57. The Morgan fingerprint density at radius 3 is 2.48 bits per heavy atom. The highest BCUT2D eigenvalue weighted by Crippen LogP contribution is 2.41. The molecule has 2 N–H and O–H groups in total. The number of benzene rings is 2. The van der Waals surface area contributed by atoms with Crippen LogP contribution >= 0.6 is 0 Å². The molecule has 0 atom stereocenters. The fourth-order valence-electron chi connectivity index (χ4n) is 5.52. The third-order valence-electron chi connectivity index (χ3n) is 8.00. The van der Waals surface area contributed by atoms with Crippen molar-refractivity contribution in [3.63, 3.8) is 0 Å². The zero-order chi connectivity index (χ0) is 29.4. The van der Waals surface area contributed by atoms with E-state index >= 15 is 0 Å². The largest absolute Gasteiger partial charge is 0.369 e. The molecule has 5 aromatic rings. The number of carbonyl (C=O) groups is 1. The average molecular weight is 557 g/mol. The van der Waals surface area contributed by atoms with Crippen LogP contribution < -0.4 is 10.2 Å². The van der Waals surface area contributed by atoms with Gasteiger partial charge in [0.1, 0.15) is 17.4 Å². The molecule has 1 aliphatic heterocycles. The Kier molecular flexibility index (Phi) is 7.07. The van der Waals surface area contributed by atoms with Crippen molar-refractivity contribution in [1.29, 1.82) is 5.26 Å². The predicted molar refractivity (Wildman–Crippen MR) is 167 cm³/mol. The quantitative estimate of drug-likeness (QED) is 0.273. The van der Waals surface area contributed by atoms with Gasteiger partial charge in [-0.3, -0.25) is 9.48 Å². The van der Waals surface area contributed by atoms with E-state index in [1.807, 2.05) is 19.1 Å². The van der Waals surface area contributed by atoms with Crippen LogP contribution in [0.25, 0.3) is 44.5 Å². The molecule has 42 heavy (non-hydrogen) atoms. The Bertz CT molecular complexity index is 1850. The molecule has 1 fully saturated rings. The summed E-state index contributed by atoms with van der Waals surface area (Å²) in [6, 6.07) is 19.0. The summed E-state index contributed by atoms with van der Waals surface area (Å²) in [5.41, 5.74) is 9.43. The topological polar surface area (TPSA) is 106 Å². The molecule has 0 unspecified atom stereocenters. The SMILES string of the molecule is C=CC(=O)Nc1cc(-c2c(-c3ccc(N4CCN(C)CC4)cc3)[nH]c3ncc(-c4cnn(C)c4C#N)cc23)ccc1C. The highest BCUT2D eigenvalue weighted by atomic mass is 16.1. The number of nitrogens with one attached hydrogen (secondary N) is 2. The number of fused-ring (bicyclic) bond motifs is 1. The van der Waals surface area contributed by atoms with E-state index in [-0.39, 0.29) is 5.91 Å². The maximum atomic E-state index is 12.2. The lowest BCUT2D eigenvalue weighted by atomic mass is 9.96. The number of nitrogens with zero attached hydrogens (tertiary/aromatic N) is 6. The summed E-state index contributed by atoms with van der Waals surface area (Å²) >= 11 is 0. The van der Waals surface area contributed by atoms with Crippen LogP contribution in [0.1, 0.15) is 11.3 Å². The fourth-order valence-corrected chi connectivity index (χ4v) is 5.52. The van der Waals surface area contributed by atoms with Gasteiger partial charge in [0.2, 0.25) is 5.91 Å². The first-order chi connectivity index (χ1) is 20.4. The minimum Gasteiger partial charge on any atom is -0.369 e. The van der Waals surface area contributed by atoms with Crippen molar-refractivity contribution in [1.82, 2.24) is 24.6 Å². The van der Waals surface area contributed by atoms with Crippen molar-refractivity contribution in [2.45, 2.75) is 6.92 Å². The normalized spacial score (nSPS) is 13.7. The van der Waals surface area contributed by atoms with Crippen LogP contribution in [0.5, 0.6) is 0 Å². The lowest BCUT2D eigenvalue weighted by Gasteiger charge is -2.34. The second-order valence-corrected chi connectivity index (χ2v) is 10.7. The van der Waals surface area contributed by atoms with E-state index in [2.05, 4.69) is 81.3 Å². The van der Waals surface area contributed by atoms with Gasteiger partial charge >= 0.3 is 0 Å². The Balaban J connectivity index is 1.51. The van der Waals surface area contributed by atoms with Crippen molar-refractivity contribution in [2.75, 3.05) is 43.4 Å². The van der Waals surface area contributed by atoms with E-state index in [1.54, 1.807) is 24.1 Å². The number of H-pyrrole nitrogens is 1. The zero-order valence-corrected chi connectivity index (χ0v) is 24.0. The summed E-state index contributed by atoms with van der Waals surface area (Å²) in [6.45, 7) is 9.65. The van der Waals surface area contributed by atoms with Gasteiger partial charge in [0.05, 0.1) is 11.9 Å². The molecular weight excluding hydrogens is 524 g/mol. The molecule has 0 spiro atoms. The molecule has 3 aromatic heterocycles. The Hall–Kier alpha value is -5.20. The van der Waals surface area contributed by atoms with Gasteiger partial charge in [0.25, 0.3) is 0 Å². The summed E-state index contributed by atoms with van der Waals surface area (Å²) in [5.74, 6) is -0.265. The molecule has 1 aliphatic rings. The molecule has 9 heteroatoms. The monoisotopic (exact) mass is 556 g/mol. The van der Waals surface area contributed by atoms with Gasteiger partial charge in [0, 0.05) is 72.9 Å². The van der Waals surface area contributed by atoms with Crippen molar-refractivity contribution >= 4 is 28.3 Å². The van der Waals surface area contributed by atoms with Gasteiger partial charge in [0.15, 0.2) is 0 Å². The first kappa shape index (κ1) is 27.0. The van der Waals surface area contributed by atoms with E-state index in [1.165, 1.54) is 11.8 Å². The van der Waals surface area contributed by atoms with E-state index in [0.717, 1.165) is 76.3 Å². The molecule has 1 amide bonds. The van der Waals surface area contributed by atoms with Crippen LogP contribution in [0, 0.1) is 18.3 Å². The Labute approximate surface area is 244 Å². The lowest BCUT2D eigenvalue weighted by Crippen LogP contribution is -2.44. The first-order valence-electron chi connectivity index (χ1n) is 13.9. The van der Waals surface area contributed by atoms with Gasteiger partial charge in [-0.1, -0.05) is 30.8 Å². The highest BCUT2D eigenvalue weighted by molar-refractivity contribution is 6.05. The van der Waals surface area contributed by atoms with Crippen molar-refractivity contribution in [2.24, 2.45) is 7.05 Å². The van der Waals surface area contributed by atoms with Crippen molar-refractivity contribution in [3.8, 4) is 39.6 Å². The molecule has 1 saturated heterocycles. The second kappa shape index (κ2) is 11.0. The molecule has 4 heterocycles. The van der Waals surface area contributed by atoms with Crippen LogP contribution in [0.2, 0.25) is 0 Å². The number of pyridine rings is 1. The zero-order valence-electron chi connectivity index (χ0n) is 24.0. The summed E-state index contributed by atoms with van der Waals surface area (Å²) in [7, 11) is 3.91. The number of hydrogen-bond donors (Lipinski definition) is 2. The summed E-state index contributed by atoms with van der Waals surface area (Å²) in [6.07, 6.45) is 4.73. The first-order valence-corrected chi connectivity index (χ1v) is 13.9. The number of aryl methyl sites for hydroxylation is 2. The van der Waals surface area contributed by atoms with Gasteiger partial charge in [-0.05, 0) is 61.0 Å². The number of rotatable bonds is 6.